The molecular weight excluding hydrogens is 248 g/mol. The van der Waals surface area contributed by atoms with Crippen molar-refractivity contribution in [2.75, 3.05) is 6.54 Å². The minimum Gasteiger partial charge on any atom is -0.353 e. The summed E-state index contributed by atoms with van der Waals surface area (Å²) in [5, 5.41) is 3.22. The van der Waals surface area contributed by atoms with Gasteiger partial charge in [0.15, 0.2) is 0 Å². The van der Waals surface area contributed by atoms with Crippen LogP contribution in [-0.2, 0) is 4.79 Å². The van der Waals surface area contributed by atoms with Gasteiger partial charge in [-0.05, 0) is 37.1 Å². The summed E-state index contributed by atoms with van der Waals surface area (Å²) in [5.74, 6) is 0.767. The monoisotopic (exact) mass is 276 g/mol. The van der Waals surface area contributed by atoms with Crippen molar-refractivity contribution < 1.29 is 4.79 Å². The van der Waals surface area contributed by atoms with Gasteiger partial charge >= 0.3 is 0 Å². The second-order valence-electron chi connectivity index (χ2n) is 6.37. The summed E-state index contributed by atoms with van der Waals surface area (Å²) >= 11 is 0. The first kappa shape index (κ1) is 17.7. The summed E-state index contributed by atoms with van der Waals surface area (Å²) in [4.78, 5) is 12.3. The minimum absolute atomic E-state index is 0. The molecule has 3 N–H and O–H groups in total. The van der Waals surface area contributed by atoms with Gasteiger partial charge in [0, 0.05) is 12.0 Å². The van der Waals surface area contributed by atoms with Crippen LogP contribution in [0.3, 0.4) is 0 Å². The molecule has 0 aromatic heterocycles. The highest BCUT2D eigenvalue weighted by molar-refractivity contribution is 5.85. The van der Waals surface area contributed by atoms with E-state index in [9.17, 15) is 4.79 Å². The molecule has 4 heteroatoms. The van der Waals surface area contributed by atoms with Crippen LogP contribution in [0.25, 0.3) is 0 Å². The van der Waals surface area contributed by atoms with E-state index in [4.69, 9.17) is 5.73 Å². The van der Waals surface area contributed by atoms with E-state index in [1.165, 1.54) is 0 Å². The third-order valence-corrected chi connectivity index (χ3v) is 4.07. The van der Waals surface area contributed by atoms with Crippen molar-refractivity contribution in [2.45, 2.75) is 59.4 Å². The zero-order chi connectivity index (χ0) is 13.1. The molecule has 3 nitrogen and oxygen atoms in total. The lowest BCUT2D eigenvalue weighted by Gasteiger charge is -2.32. The van der Waals surface area contributed by atoms with Gasteiger partial charge in [-0.15, -0.1) is 12.4 Å². The number of rotatable bonds is 4. The first-order valence-corrected chi connectivity index (χ1v) is 6.90. The summed E-state index contributed by atoms with van der Waals surface area (Å²) in [6, 6.07) is 0.258. The fourth-order valence-corrected chi connectivity index (χ4v) is 2.87. The van der Waals surface area contributed by atoms with Gasteiger partial charge in [-0.25, -0.2) is 0 Å². The normalized spacial score (nSPS) is 25.4. The Kier molecular flexibility index (Phi) is 7.23. The van der Waals surface area contributed by atoms with Gasteiger partial charge in [-0.1, -0.05) is 34.1 Å². The summed E-state index contributed by atoms with van der Waals surface area (Å²) in [7, 11) is 0. The lowest BCUT2D eigenvalue weighted by atomic mass is 9.84. The maximum Gasteiger partial charge on any atom is 0.223 e. The number of hydrogen-bond donors (Lipinski definition) is 2. The van der Waals surface area contributed by atoms with E-state index in [1.807, 2.05) is 0 Å². The first-order chi connectivity index (χ1) is 7.90. The number of hydrogen-bond acceptors (Lipinski definition) is 2. The Balaban J connectivity index is 0.00000289. The van der Waals surface area contributed by atoms with E-state index >= 15 is 0 Å². The number of nitrogens with one attached hydrogen (secondary N) is 1. The molecule has 1 unspecified atom stereocenters. The van der Waals surface area contributed by atoms with Crippen LogP contribution in [0.4, 0.5) is 0 Å². The predicted molar refractivity (Wildman–Crippen MR) is 78.8 cm³/mol. The molecule has 1 rings (SSSR count). The quantitative estimate of drug-likeness (QED) is 0.830. The summed E-state index contributed by atoms with van der Waals surface area (Å²) in [6.45, 7) is 9.30. The molecule has 0 aliphatic heterocycles. The fraction of sp³-hybridized carbons (Fsp3) is 0.929. The Bertz CT molecular complexity index is 263. The second-order valence-corrected chi connectivity index (χ2v) is 6.37. The summed E-state index contributed by atoms with van der Waals surface area (Å²) in [5.41, 5.74) is 5.86. The van der Waals surface area contributed by atoms with E-state index in [0.29, 0.717) is 12.5 Å². The molecule has 0 bridgehead atoms. The molecule has 0 aromatic carbocycles. The van der Waals surface area contributed by atoms with E-state index < -0.39 is 0 Å². The van der Waals surface area contributed by atoms with Gasteiger partial charge in [0.2, 0.25) is 5.91 Å². The second kappa shape index (κ2) is 7.34. The Morgan fingerprint density at radius 1 is 1.39 bits per heavy atom. The van der Waals surface area contributed by atoms with Crippen LogP contribution in [0.15, 0.2) is 0 Å². The number of carbonyl (C=O) groups excluding carboxylic acids is 1. The Hall–Kier alpha value is -0.280. The average molecular weight is 277 g/mol. The van der Waals surface area contributed by atoms with E-state index in [1.54, 1.807) is 0 Å². The van der Waals surface area contributed by atoms with E-state index in [0.717, 1.165) is 25.7 Å². The van der Waals surface area contributed by atoms with Crippen molar-refractivity contribution in [3.63, 3.8) is 0 Å². The van der Waals surface area contributed by atoms with Gasteiger partial charge in [0.1, 0.15) is 0 Å². The maximum atomic E-state index is 12.3. The van der Waals surface area contributed by atoms with Crippen LogP contribution in [0, 0.1) is 17.3 Å². The van der Waals surface area contributed by atoms with Gasteiger partial charge in [0.05, 0.1) is 0 Å². The van der Waals surface area contributed by atoms with Crippen LogP contribution in [-0.4, -0.2) is 18.5 Å². The topological polar surface area (TPSA) is 55.1 Å². The smallest absolute Gasteiger partial charge is 0.223 e. The molecule has 0 spiro atoms. The minimum atomic E-state index is 0. The lowest BCUT2D eigenvalue weighted by Crippen LogP contribution is -2.46. The highest BCUT2D eigenvalue weighted by Gasteiger charge is 2.34. The van der Waals surface area contributed by atoms with Crippen LogP contribution >= 0.6 is 12.4 Å². The number of halogens is 1. The Morgan fingerprint density at radius 2 is 2.00 bits per heavy atom. The first-order valence-electron chi connectivity index (χ1n) is 6.90. The molecule has 0 radical (unpaired) electrons. The highest BCUT2D eigenvalue weighted by atomic mass is 35.5. The van der Waals surface area contributed by atoms with Crippen LogP contribution in [0.2, 0.25) is 0 Å². The number of nitrogens with two attached hydrogens (primary N) is 1. The van der Waals surface area contributed by atoms with Crippen molar-refractivity contribution >= 4 is 18.3 Å². The molecule has 3 atom stereocenters. The van der Waals surface area contributed by atoms with Crippen molar-refractivity contribution in [3.05, 3.63) is 0 Å². The molecule has 108 valence electrons. The Labute approximate surface area is 118 Å². The van der Waals surface area contributed by atoms with Crippen molar-refractivity contribution in [3.8, 4) is 0 Å². The predicted octanol–water partition coefficient (Wildman–Crippen LogP) is 2.72. The zero-order valence-electron chi connectivity index (χ0n) is 12.2. The van der Waals surface area contributed by atoms with Crippen LogP contribution in [0.5, 0.6) is 0 Å². The van der Waals surface area contributed by atoms with Crippen LogP contribution in [0.1, 0.15) is 53.4 Å². The standard InChI is InChI=1S/C14H28N2O.ClH/c1-5-12(14(2,3)4)16-13(17)11-8-6-7-10(11)9-15;/h10-12H,5-9,15H2,1-4H3,(H,16,17);1H/t10-,11-,12?;/m1./s1. The molecule has 18 heavy (non-hydrogen) atoms. The lowest BCUT2D eigenvalue weighted by molar-refractivity contribution is -0.127. The maximum absolute atomic E-state index is 12.3. The van der Waals surface area contributed by atoms with Crippen molar-refractivity contribution in [1.29, 1.82) is 0 Å². The zero-order valence-corrected chi connectivity index (χ0v) is 13.0. The third kappa shape index (κ3) is 4.43. The van der Waals surface area contributed by atoms with Gasteiger partial charge in [0.25, 0.3) is 0 Å². The molecule has 1 aliphatic carbocycles. The summed E-state index contributed by atoms with van der Waals surface area (Å²) < 4.78 is 0. The highest BCUT2D eigenvalue weighted by Crippen LogP contribution is 2.32. The van der Waals surface area contributed by atoms with Crippen LogP contribution < -0.4 is 11.1 Å². The molecule has 1 fully saturated rings. The molecule has 1 aliphatic rings. The van der Waals surface area contributed by atoms with Gasteiger partial charge < -0.3 is 11.1 Å². The molecule has 1 saturated carbocycles. The third-order valence-electron chi connectivity index (χ3n) is 4.07. The van der Waals surface area contributed by atoms with E-state index in [-0.39, 0.29) is 35.7 Å². The molecule has 1 amide bonds. The number of carbonyl (C=O) groups is 1. The van der Waals surface area contributed by atoms with Gasteiger partial charge in [-0.2, -0.15) is 0 Å². The summed E-state index contributed by atoms with van der Waals surface area (Å²) in [6.07, 6.45) is 4.25. The molecule has 0 saturated heterocycles. The Morgan fingerprint density at radius 3 is 2.44 bits per heavy atom. The fourth-order valence-electron chi connectivity index (χ4n) is 2.87. The van der Waals surface area contributed by atoms with Crippen molar-refractivity contribution in [1.82, 2.24) is 5.32 Å². The van der Waals surface area contributed by atoms with Crippen molar-refractivity contribution in [2.24, 2.45) is 23.0 Å². The SMILES string of the molecule is CCC(NC(=O)[C@@H]1CCC[C@@H]1CN)C(C)(C)C.Cl. The average Bonchev–Trinajstić information content (AvgIpc) is 2.71. The molecular formula is C14H29ClN2O. The molecule has 0 heterocycles. The van der Waals surface area contributed by atoms with E-state index in [2.05, 4.69) is 33.0 Å². The number of amides is 1. The molecule has 0 aromatic rings. The van der Waals surface area contributed by atoms with Gasteiger partial charge in [-0.3, -0.25) is 4.79 Å². The largest absolute Gasteiger partial charge is 0.353 e.